The molecule has 2 aromatic heterocycles. The van der Waals surface area contributed by atoms with Crippen LogP contribution in [0.5, 0.6) is 6.01 Å². The molecule has 164 valence electrons. The lowest BCUT2D eigenvalue weighted by Crippen LogP contribution is -2.49. The Morgan fingerprint density at radius 3 is 2.53 bits per heavy atom. The van der Waals surface area contributed by atoms with Crippen molar-refractivity contribution >= 4 is 39.2 Å². The monoisotopic (exact) mass is 445 g/mol. The molecule has 30 heavy (non-hydrogen) atoms. The van der Waals surface area contributed by atoms with Crippen LogP contribution in [0.4, 0.5) is 19.0 Å². The molecule has 3 rings (SSSR count). The normalized spacial score (nSPS) is 14.9. The molecule has 2 N–H and O–H groups in total. The van der Waals surface area contributed by atoms with Gasteiger partial charge in [-0.05, 0) is 12.5 Å². The largest absolute Gasteiger partial charge is 0.463 e. The second kappa shape index (κ2) is 9.02. The summed E-state index contributed by atoms with van der Waals surface area (Å²) in [6, 6.07) is 2.10. The van der Waals surface area contributed by atoms with Crippen molar-refractivity contribution in [3.8, 4) is 6.01 Å². The number of fused-ring (bicyclic) bond motifs is 1. The van der Waals surface area contributed by atoms with Crippen molar-refractivity contribution in [2.75, 3.05) is 37.7 Å². The van der Waals surface area contributed by atoms with E-state index in [2.05, 4.69) is 9.97 Å². The molecule has 1 aliphatic heterocycles. The van der Waals surface area contributed by atoms with Crippen LogP contribution >= 0.6 is 11.3 Å². The highest BCUT2D eigenvalue weighted by Crippen LogP contribution is 2.33. The summed E-state index contributed by atoms with van der Waals surface area (Å²) in [4.78, 5) is 36.6. The number of nitrogens with two attached hydrogens (primary N) is 1. The molecule has 3 heterocycles. The first kappa shape index (κ1) is 22.1. The van der Waals surface area contributed by atoms with Gasteiger partial charge in [-0.1, -0.05) is 6.92 Å². The highest BCUT2D eigenvalue weighted by Gasteiger charge is 2.34. The third-order valence-corrected chi connectivity index (χ3v) is 5.79. The van der Waals surface area contributed by atoms with Crippen LogP contribution in [0.15, 0.2) is 6.07 Å². The molecule has 12 heteroatoms. The first-order valence-corrected chi connectivity index (χ1v) is 10.3. The van der Waals surface area contributed by atoms with Gasteiger partial charge < -0.3 is 20.3 Å². The second-order valence-corrected chi connectivity index (χ2v) is 7.95. The SMILES string of the molecule is CCc1cc2c(N3CCN(C(=O)CC(F)(F)F)CC3)nc(OCCC(N)=O)nc2s1. The Bertz CT molecular complexity index is 926. The van der Waals surface area contributed by atoms with Gasteiger partial charge in [-0.3, -0.25) is 9.59 Å². The van der Waals surface area contributed by atoms with E-state index in [9.17, 15) is 22.8 Å². The van der Waals surface area contributed by atoms with Crippen molar-refractivity contribution in [1.29, 1.82) is 0 Å². The van der Waals surface area contributed by atoms with Crippen molar-refractivity contribution in [2.24, 2.45) is 5.73 Å². The molecule has 0 aliphatic carbocycles. The van der Waals surface area contributed by atoms with E-state index < -0.39 is 24.4 Å². The predicted molar refractivity (Wildman–Crippen MR) is 106 cm³/mol. The number of alkyl halides is 3. The molecule has 0 atom stereocenters. The number of piperazine rings is 1. The number of rotatable bonds is 7. The fourth-order valence-electron chi connectivity index (χ4n) is 3.11. The van der Waals surface area contributed by atoms with Gasteiger partial charge in [-0.25, -0.2) is 0 Å². The van der Waals surface area contributed by atoms with Crippen LogP contribution in [0.1, 0.15) is 24.6 Å². The maximum absolute atomic E-state index is 12.5. The lowest BCUT2D eigenvalue weighted by atomic mass is 10.2. The number of nitrogens with zero attached hydrogens (tertiary/aromatic N) is 4. The third kappa shape index (κ3) is 5.49. The Morgan fingerprint density at radius 1 is 1.23 bits per heavy atom. The van der Waals surface area contributed by atoms with Crippen molar-refractivity contribution in [3.63, 3.8) is 0 Å². The number of thiophene rings is 1. The van der Waals surface area contributed by atoms with Crippen molar-refractivity contribution < 1.29 is 27.5 Å². The van der Waals surface area contributed by atoms with Crippen LogP contribution in [-0.2, 0) is 16.0 Å². The van der Waals surface area contributed by atoms with Gasteiger partial charge in [-0.2, -0.15) is 23.1 Å². The number of halogens is 3. The number of hydrogen-bond acceptors (Lipinski definition) is 7. The number of ether oxygens (including phenoxy) is 1. The van der Waals surface area contributed by atoms with Gasteiger partial charge in [0.05, 0.1) is 11.8 Å². The van der Waals surface area contributed by atoms with E-state index in [0.29, 0.717) is 18.9 Å². The smallest absolute Gasteiger partial charge is 0.397 e. The fourth-order valence-corrected chi connectivity index (χ4v) is 4.06. The molecule has 0 radical (unpaired) electrons. The number of aryl methyl sites for hydroxylation is 1. The van der Waals surface area contributed by atoms with Gasteiger partial charge >= 0.3 is 12.2 Å². The van der Waals surface area contributed by atoms with Crippen LogP contribution < -0.4 is 15.4 Å². The maximum Gasteiger partial charge on any atom is 0.397 e. The first-order chi connectivity index (χ1) is 14.2. The van der Waals surface area contributed by atoms with Gasteiger partial charge in [0.15, 0.2) is 0 Å². The highest BCUT2D eigenvalue weighted by atomic mass is 32.1. The number of amides is 2. The standard InChI is InChI=1S/C18H22F3N5O3S/c1-2-11-9-12-15(23-17(24-16(12)30-11)29-8-3-13(22)27)26-6-4-25(5-7-26)14(28)10-18(19,20)21/h9H,2-8,10H2,1H3,(H2,22,27). The average Bonchev–Trinajstić information content (AvgIpc) is 3.09. The molecule has 8 nitrogen and oxygen atoms in total. The Balaban J connectivity index is 1.78. The van der Waals surface area contributed by atoms with Crippen molar-refractivity contribution in [1.82, 2.24) is 14.9 Å². The molecule has 0 spiro atoms. The van der Waals surface area contributed by atoms with Crippen molar-refractivity contribution in [2.45, 2.75) is 32.4 Å². The summed E-state index contributed by atoms with van der Waals surface area (Å²) >= 11 is 1.50. The minimum atomic E-state index is -4.52. The third-order valence-electron chi connectivity index (χ3n) is 4.61. The van der Waals surface area contributed by atoms with Crippen LogP contribution in [0.25, 0.3) is 10.2 Å². The number of anilines is 1. The Hall–Kier alpha value is -2.63. The summed E-state index contributed by atoms with van der Waals surface area (Å²) in [5.74, 6) is -0.817. The molecule has 0 bridgehead atoms. The topological polar surface area (TPSA) is 102 Å². The predicted octanol–water partition coefficient (Wildman–Crippen LogP) is 2.11. The lowest BCUT2D eigenvalue weighted by Gasteiger charge is -2.35. The number of carbonyl (C=O) groups is 2. The summed E-state index contributed by atoms with van der Waals surface area (Å²) in [6.07, 6.45) is -5.12. The molecular weight excluding hydrogens is 423 g/mol. The van der Waals surface area contributed by atoms with E-state index in [-0.39, 0.29) is 32.1 Å². The number of aromatic nitrogens is 2. The Labute approximate surface area is 174 Å². The Kier molecular flexibility index (Phi) is 6.64. The highest BCUT2D eigenvalue weighted by molar-refractivity contribution is 7.18. The van der Waals surface area contributed by atoms with E-state index in [1.54, 1.807) is 0 Å². The summed E-state index contributed by atoms with van der Waals surface area (Å²) in [5.41, 5.74) is 5.12. The van der Waals surface area contributed by atoms with E-state index in [4.69, 9.17) is 10.5 Å². The molecule has 0 unspecified atom stereocenters. The lowest BCUT2D eigenvalue weighted by molar-refractivity contribution is -0.161. The quantitative estimate of drug-likeness (QED) is 0.701. The zero-order valence-electron chi connectivity index (χ0n) is 16.4. The first-order valence-electron chi connectivity index (χ1n) is 9.47. The number of hydrogen-bond donors (Lipinski definition) is 1. The summed E-state index contributed by atoms with van der Waals surface area (Å²) in [6.45, 7) is 3.09. The zero-order chi connectivity index (χ0) is 21.9. The molecular formula is C18H22F3N5O3S. The maximum atomic E-state index is 12.5. The minimum Gasteiger partial charge on any atom is -0.463 e. The van der Waals surface area contributed by atoms with Gasteiger partial charge in [0, 0.05) is 31.1 Å². The molecule has 2 amide bonds. The fraction of sp³-hybridized carbons (Fsp3) is 0.556. The van der Waals surface area contributed by atoms with Gasteiger partial charge in [0.25, 0.3) is 0 Å². The van der Waals surface area contributed by atoms with E-state index in [1.807, 2.05) is 17.9 Å². The molecule has 1 aliphatic rings. The molecule has 1 fully saturated rings. The summed E-state index contributed by atoms with van der Waals surface area (Å²) < 4.78 is 43.0. The van der Waals surface area contributed by atoms with Gasteiger partial charge in [0.2, 0.25) is 11.8 Å². The number of carbonyl (C=O) groups excluding carboxylic acids is 2. The van der Waals surface area contributed by atoms with Gasteiger partial charge in [0.1, 0.15) is 23.7 Å². The van der Waals surface area contributed by atoms with Crippen LogP contribution in [0.2, 0.25) is 0 Å². The van der Waals surface area contributed by atoms with E-state index in [0.717, 1.165) is 21.5 Å². The van der Waals surface area contributed by atoms with Crippen molar-refractivity contribution in [3.05, 3.63) is 10.9 Å². The minimum absolute atomic E-state index is 0.0291. The molecule has 1 saturated heterocycles. The second-order valence-electron chi connectivity index (χ2n) is 6.84. The van der Waals surface area contributed by atoms with Crippen LogP contribution in [-0.4, -0.2) is 65.6 Å². The molecule has 2 aromatic rings. The van der Waals surface area contributed by atoms with Crippen LogP contribution in [0.3, 0.4) is 0 Å². The number of primary amides is 1. The van der Waals surface area contributed by atoms with Gasteiger partial charge in [-0.15, -0.1) is 11.3 Å². The average molecular weight is 445 g/mol. The molecule has 0 saturated carbocycles. The van der Waals surface area contributed by atoms with E-state index in [1.165, 1.54) is 16.2 Å². The molecule has 0 aromatic carbocycles. The summed E-state index contributed by atoms with van der Waals surface area (Å²) in [5, 5.41) is 0.828. The van der Waals surface area contributed by atoms with E-state index >= 15 is 0 Å². The zero-order valence-corrected chi connectivity index (χ0v) is 17.2. The Morgan fingerprint density at radius 2 is 1.93 bits per heavy atom. The van der Waals surface area contributed by atoms with Crippen LogP contribution in [0, 0.1) is 0 Å². The summed E-state index contributed by atoms with van der Waals surface area (Å²) in [7, 11) is 0.